The van der Waals surface area contributed by atoms with E-state index in [2.05, 4.69) is 25.7 Å². The Morgan fingerprint density at radius 1 is 1.35 bits per heavy atom. The molecule has 0 saturated carbocycles. The van der Waals surface area contributed by atoms with Crippen LogP contribution in [0.25, 0.3) is 0 Å². The molecule has 0 atom stereocenters. The van der Waals surface area contributed by atoms with E-state index in [1.165, 1.54) is 0 Å². The molecule has 1 rings (SSSR count). The maximum Gasteiger partial charge on any atom is 0.222 e. The smallest absolute Gasteiger partial charge is 0.222 e. The zero-order valence-corrected chi connectivity index (χ0v) is 12.9. The van der Waals surface area contributed by atoms with E-state index >= 15 is 0 Å². The Morgan fingerprint density at radius 3 is 2.41 bits per heavy atom. The second kappa shape index (κ2) is 5.53. The third kappa shape index (κ3) is 3.55. The fourth-order valence-corrected chi connectivity index (χ4v) is 3.02. The maximum absolute atomic E-state index is 11.7. The van der Waals surface area contributed by atoms with Crippen molar-refractivity contribution in [3.8, 4) is 0 Å². The summed E-state index contributed by atoms with van der Waals surface area (Å²) < 4.78 is 0.509. The third-order valence-electron chi connectivity index (χ3n) is 2.85. The zero-order chi connectivity index (χ0) is 13.2. The van der Waals surface area contributed by atoms with Crippen molar-refractivity contribution in [3.63, 3.8) is 0 Å². The van der Waals surface area contributed by atoms with Crippen LogP contribution in [-0.4, -0.2) is 19.8 Å². The van der Waals surface area contributed by atoms with Crippen LogP contribution in [0.5, 0.6) is 0 Å². The molecule has 0 unspecified atom stereocenters. The predicted octanol–water partition coefficient (Wildman–Crippen LogP) is 3.64. The van der Waals surface area contributed by atoms with E-state index in [0.29, 0.717) is 9.93 Å². The van der Waals surface area contributed by atoms with Crippen LogP contribution in [0.15, 0.2) is 9.69 Å². The van der Waals surface area contributed by atoms with Gasteiger partial charge in [-0.25, -0.2) is 0 Å². The Bertz CT molecular complexity index is 452. The van der Waals surface area contributed by atoms with Crippen molar-refractivity contribution in [2.24, 2.45) is 5.41 Å². The molecular formula is C13H21NOS2. The van der Waals surface area contributed by atoms with Crippen LogP contribution >= 0.6 is 24.0 Å². The first-order valence-corrected chi connectivity index (χ1v) is 7.49. The van der Waals surface area contributed by atoms with Crippen molar-refractivity contribution >= 4 is 29.7 Å². The van der Waals surface area contributed by atoms with Gasteiger partial charge in [-0.05, 0) is 24.5 Å². The normalized spacial score (nSPS) is 12.1. The molecular weight excluding hydrogens is 250 g/mol. The molecule has 0 amide bonds. The standard InChI is InChI=1S/C13H21NOS2/c1-13(2,3)7-6-8-14(4)9-10(15)11(16)12(9)17-5/h6-8H2,1-5H3. The molecule has 1 aromatic rings. The van der Waals surface area contributed by atoms with Crippen LogP contribution in [0.4, 0.5) is 5.69 Å². The molecule has 0 aliphatic rings. The zero-order valence-electron chi connectivity index (χ0n) is 11.3. The third-order valence-corrected chi connectivity index (χ3v) is 4.17. The molecule has 4 heteroatoms. The molecule has 0 heterocycles. The van der Waals surface area contributed by atoms with E-state index in [1.807, 2.05) is 13.3 Å². The van der Waals surface area contributed by atoms with E-state index in [0.717, 1.165) is 30.0 Å². The summed E-state index contributed by atoms with van der Waals surface area (Å²) in [4.78, 5) is 14.7. The summed E-state index contributed by atoms with van der Waals surface area (Å²) in [6.07, 6.45) is 4.24. The van der Waals surface area contributed by atoms with Crippen LogP contribution in [0.1, 0.15) is 33.6 Å². The summed E-state index contributed by atoms with van der Waals surface area (Å²) in [6, 6.07) is 0. The van der Waals surface area contributed by atoms with Gasteiger partial charge in [-0.1, -0.05) is 33.0 Å². The molecule has 0 bridgehead atoms. The largest absolute Gasteiger partial charge is 0.370 e. The predicted molar refractivity (Wildman–Crippen MR) is 79.7 cm³/mol. The number of hydrogen-bond donors (Lipinski definition) is 0. The highest BCUT2D eigenvalue weighted by Crippen LogP contribution is 2.29. The monoisotopic (exact) mass is 271 g/mol. The molecule has 1 aromatic carbocycles. The van der Waals surface area contributed by atoms with E-state index < -0.39 is 0 Å². The van der Waals surface area contributed by atoms with Gasteiger partial charge >= 0.3 is 0 Å². The molecule has 0 aliphatic heterocycles. The summed E-state index contributed by atoms with van der Waals surface area (Å²) >= 11 is 6.61. The highest BCUT2D eigenvalue weighted by molar-refractivity contribution is 7.99. The van der Waals surface area contributed by atoms with Gasteiger partial charge in [-0.3, -0.25) is 4.79 Å². The molecule has 0 aliphatic carbocycles. The van der Waals surface area contributed by atoms with Gasteiger partial charge in [-0.2, -0.15) is 0 Å². The van der Waals surface area contributed by atoms with Crippen LogP contribution in [0.3, 0.4) is 0 Å². The lowest BCUT2D eigenvalue weighted by atomic mass is 9.90. The van der Waals surface area contributed by atoms with Gasteiger partial charge in [0, 0.05) is 13.6 Å². The first-order valence-electron chi connectivity index (χ1n) is 5.86. The van der Waals surface area contributed by atoms with Crippen molar-refractivity contribution in [2.45, 2.75) is 38.5 Å². The highest BCUT2D eigenvalue weighted by Gasteiger charge is 2.20. The van der Waals surface area contributed by atoms with Gasteiger partial charge < -0.3 is 4.90 Å². The number of anilines is 1. The Balaban J connectivity index is 2.60. The molecule has 0 fully saturated rings. The summed E-state index contributed by atoms with van der Waals surface area (Å²) in [6.45, 7) is 7.64. The number of rotatable bonds is 5. The van der Waals surface area contributed by atoms with E-state index in [-0.39, 0.29) is 5.43 Å². The molecule has 96 valence electrons. The fraction of sp³-hybridized carbons (Fsp3) is 0.692. The molecule has 17 heavy (non-hydrogen) atoms. The average Bonchev–Trinajstić information content (AvgIpc) is 2.22. The van der Waals surface area contributed by atoms with Gasteiger partial charge in [-0.15, -0.1) is 11.8 Å². The highest BCUT2D eigenvalue weighted by atomic mass is 32.2. The van der Waals surface area contributed by atoms with Crippen molar-refractivity contribution in [2.75, 3.05) is 24.7 Å². The van der Waals surface area contributed by atoms with E-state index in [1.54, 1.807) is 11.8 Å². The first-order chi connectivity index (χ1) is 7.78. The Morgan fingerprint density at radius 2 is 1.94 bits per heavy atom. The summed E-state index contributed by atoms with van der Waals surface area (Å²) in [5.41, 5.74) is 1.22. The maximum atomic E-state index is 11.7. The van der Waals surface area contributed by atoms with Gasteiger partial charge in [0.15, 0.2) is 0 Å². The van der Waals surface area contributed by atoms with Crippen molar-refractivity contribution in [1.29, 1.82) is 0 Å². The molecule has 0 aromatic heterocycles. The minimum atomic E-state index is 0.0441. The minimum Gasteiger partial charge on any atom is -0.370 e. The van der Waals surface area contributed by atoms with Gasteiger partial charge in [0.25, 0.3) is 0 Å². The van der Waals surface area contributed by atoms with E-state index in [9.17, 15) is 4.79 Å². The molecule has 0 spiro atoms. The molecule has 0 N–H and O–H groups in total. The Hall–Kier alpha value is -0.350. The topological polar surface area (TPSA) is 20.3 Å². The minimum absolute atomic E-state index is 0.0441. The van der Waals surface area contributed by atoms with Crippen LogP contribution < -0.4 is 10.3 Å². The fourth-order valence-electron chi connectivity index (χ4n) is 1.85. The lowest BCUT2D eigenvalue weighted by Gasteiger charge is -2.25. The Labute approximate surface area is 113 Å². The first kappa shape index (κ1) is 14.7. The van der Waals surface area contributed by atoms with Crippen molar-refractivity contribution < 1.29 is 0 Å². The molecule has 0 saturated heterocycles. The number of thioether (sulfide) groups is 1. The second-order valence-electron chi connectivity index (χ2n) is 5.63. The lowest BCUT2D eigenvalue weighted by molar-refractivity contribution is 0.367. The number of hydrogen-bond acceptors (Lipinski definition) is 4. The molecule has 0 radical (unpaired) electrons. The lowest BCUT2D eigenvalue weighted by Crippen LogP contribution is -2.29. The SMILES string of the molecule is CSc1c(N(C)CCCC(C)(C)C)c(=O)c1=S. The van der Waals surface area contributed by atoms with Gasteiger partial charge in [0.1, 0.15) is 10.2 Å². The summed E-state index contributed by atoms with van der Waals surface area (Å²) in [7, 11) is 1.98. The van der Waals surface area contributed by atoms with Crippen molar-refractivity contribution in [3.05, 3.63) is 14.7 Å². The quantitative estimate of drug-likeness (QED) is 0.601. The average molecular weight is 271 g/mol. The second-order valence-corrected chi connectivity index (χ2v) is 6.85. The van der Waals surface area contributed by atoms with Crippen molar-refractivity contribution in [1.82, 2.24) is 0 Å². The molecule has 2 nitrogen and oxygen atoms in total. The van der Waals surface area contributed by atoms with Crippen LogP contribution in [0.2, 0.25) is 0 Å². The number of nitrogens with zero attached hydrogens (tertiary/aromatic N) is 1. The summed E-state index contributed by atoms with van der Waals surface area (Å²) in [5.74, 6) is 0. The van der Waals surface area contributed by atoms with E-state index in [4.69, 9.17) is 12.2 Å². The van der Waals surface area contributed by atoms with Gasteiger partial charge in [0.05, 0.1) is 4.90 Å². The summed E-state index contributed by atoms with van der Waals surface area (Å²) in [5, 5.41) is 0. The van der Waals surface area contributed by atoms with Gasteiger partial charge in [0.2, 0.25) is 5.43 Å². The Kier molecular flexibility index (Phi) is 4.78. The van der Waals surface area contributed by atoms with Crippen LogP contribution in [0, 0.1) is 9.93 Å². The van der Waals surface area contributed by atoms with Crippen LogP contribution in [-0.2, 0) is 0 Å².